The van der Waals surface area contributed by atoms with E-state index in [0.717, 1.165) is 25.7 Å². The van der Waals surface area contributed by atoms with Gasteiger partial charge in [-0.15, -0.1) is 0 Å². The first-order valence-corrected chi connectivity index (χ1v) is 7.13. The lowest BCUT2D eigenvalue weighted by atomic mass is 9.74. The van der Waals surface area contributed by atoms with Crippen molar-refractivity contribution in [2.24, 2.45) is 5.41 Å². The quantitative estimate of drug-likeness (QED) is 0.740. The molecule has 2 fully saturated rings. The Kier molecular flexibility index (Phi) is 4.83. The SMILES string of the molecule is COCCN(CC1(CO)CCCCC1)C1CC1. The van der Waals surface area contributed by atoms with Gasteiger partial charge in [0.15, 0.2) is 0 Å². The maximum atomic E-state index is 9.76. The highest BCUT2D eigenvalue weighted by molar-refractivity contribution is 4.91. The van der Waals surface area contributed by atoms with Gasteiger partial charge in [0.2, 0.25) is 0 Å². The summed E-state index contributed by atoms with van der Waals surface area (Å²) in [5, 5.41) is 9.76. The largest absolute Gasteiger partial charge is 0.396 e. The van der Waals surface area contributed by atoms with Crippen LogP contribution in [0.3, 0.4) is 0 Å². The molecule has 0 aromatic carbocycles. The van der Waals surface area contributed by atoms with Gasteiger partial charge < -0.3 is 9.84 Å². The maximum Gasteiger partial charge on any atom is 0.0589 e. The van der Waals surface area contributed by atoms with Crippen LogP contribution in [0.25, 0.3) is 0 Å². The highest BCUT2D eigenvalue weighted by atomic mass is 16.5. The molecule has 0 unspecified atom stereocenters. The molecule has 0 atom stereocenters. The predicted octanol–water partition coefficient (Wildman–Crippen LogP) is 2.04. The Morgan fingerprint density at radius 1 is 1.24 bits per heavy atom. The number of rotatable bonds is 7. The van der Waals surface area contributed by atoms with Gasteiger partial charge in [0, 0.05) is 38.3 Å². The Balaban J connectivity index is 1.89. The van der Waals surface area contributed by atoms with Gasteiger partial charge in [0.1, 0.15) is 0 Å². The summed E-state index contributed by atoms with van der Waals surface area (Å²) in [7, 11) is 1.77. The summed E-state index contributed by atoms with van der Waals surface area (Å²) >= 11 is 0. The lowest BCUT2D eigenvalue weighted by Gasteiger charge is -2.40. The normalized spacial score (nSPS) is 24.2. The van der Waals surface area contributed by atoms with Crippen LogP contribution in [0.4, 0.5) is 0 Å². The summed E-state index contributed by atoms with van der Waals surface area (Å²) < 4.78 is 5.20. The van der Waals surface area contributed by atoms with Crippen molar-refractivity contribution in [2.45, 2.75) is 51.0 Å². The van der Waals surface area contributed by atoms with Crippen LogP contribution in [0.2, 0.25) is 0 Å². The zero-order valence-corrected chi connectivity index (χ0v) is 11.2. The first kappa shape index (κ1) is 13.3. The van der Waals surface area contributed by atoms with Crippen molar-refractivity contribution in [1.82, 2.24) is 4.90 Å². The second-order valence-corrected chi connectivity index (χ2v) is 5.91. The number of hydrogen-bond acceptors (Lipinski definition) is 3. The number of aliphatic hydroxyl groups is 1. The average Bonchev–Trinajstić information content (AvgIpc) is 3.20. The summed E-state index contributed by atoms with van der Waals surface area (Å²) in [6.45, 7) is 3.29. The summed E-state index contributed by atoms with van der Waals surface area (Å²) in [4.78, 5) is 2.56. The third-order valence-electron chi connectivity index (χ3n) is 4.43. The van der Waals surface area contributed by atoms with Crippen molar-refractivity contribution in [2.75, 3.05) is 33.4 Å². The van der Waals surface area contributed by atoms with Gasteiger partial charge in [-0.25, -0.2) is 0 Å². The van der Waals surface area contributed by atoms with Crippen molar-refractivity contribution >= 4 is 0 Å². The Morgan fingerprint density at radius 3 is 2.47 bits per heavy atom. The highest BCUT2D eigenvalue weighted by Gasteiger charge is 2.37. The summed E-state index contributed by atoms with van der Waals surface area (Å²) in [5.74, 6) is 0. The highest BCUT2D eigenvalue weighted by Crippen LogP contribution is 2.39. The fourth-order valence-electron chi connectivity index (χ4n) is 3.14. The van der Waals surface area contributed by atoms with E-state index in [1.54, 1.807) is 7.11 Å². The summed E-state index contributed by atoms with van der Waals surface area (Å²) in [5.41, 5.74) is 0.189. The third-order valence-corrected chi connectivity index (χ3v) is 4.43. The van der Waals surface area contributed by atoms with Crippen LogP contribution in [0.5, 0.6) is 0 Å². The molecule has 2 saturated carbocycles. The number of nitrogens with zero attached hydrogens (tertiary/aromatic N) is 1. The molecule has 0 saturated heterocycles. The zero-order valence-electron chi connectivity index (χ0n) is 11.2. The van der Waals surface area contributed by atoms with Crippen molar-refractivity contribution in [1.29, 1.82) is 0 Å². The number of ether oxygens (including phenoxy) is 1. The second-order valence-electron chi connectivity index (χ2n) is 5.91. The average molecular weight is 241 g/mol. The van der Waals surface area contributed by atoms with E-state index in [-0.39, 0.29) is 5.41 Å². The monoisotopic (exact) mass is 241 g/mol. The Hall–Kier alpha value is -0.120. The van der Waals surface area contributed by atoms with Crippen LogP contribution in [0.15, 0.2) is 0 Å². The lowest BCUT2D eigenvalue weighted by molar-refractivity contribution is 0.0285. The molecule has 2 aliphatic rings. The molecule has 17 heavy (non-hydrogen) atoms. The van der Waals surface area contributed by atoms with Gasteiger partial charge in [-0.05, 0) is 25.7 Å². The summed E-state index contributed by atoms with van der Waals surface area (Å²) in [6.07, 6.45) is 9.03. The minimum absolute atomic E-state index is 0.189. The van der Waals surface area contributed by atoms with Gasteiger partial charge in [0.25, 0.3) is 0 Å². The van der Waals surface area contributed by atoms with Crippen LogP contribution < -0.4 is 0 Å². The van der Waals surface area contributed by atoms with Crippen LogP contribution in [-0.2, 0) is 4.74 Å². The standard InChI is InChI=1S/C14H27NO2/c1-17-10-9-15(13-5-6-13)11-14(12-16)7-3-2-4-8-14/h13,16H,2-12H2,1H3. The van der Waals surface area contributed by atoms with E-state index in [4.69, 9.17) is 4.74 Å². The van der Waals surface area contributed by atoms with E-state index in [1.165, 1.54) is 44.9 Å². The van der Waals surface area contributed by atoms with E-state index in [9.17, 15) is 5.11 Å². The smallest absolute Gasteiger partial charge is 0.0589 e. The van der Waals surface area contributed by atoms with Crippen molar-refractivity contribution in [3.63, 3.8) is 0 Å². The second kappa shape index (κ2) is 6.17. The molecule has 1 N–H and O–H groups in total. The molecule has 2 rings (SSSR count). The predicted molar refractivity (Wildman–Crippen MR) is 69.1 cm³/mol. The Bertz CT molecular complexity index is 222. The maximum absolute atomic E-state index is 9.76. The summed E-state index contributed by atoms with van der Waals surface area (Å²) in [6, 6.07) is 0.774. The number of methoxy groups -OCH3 is 1. The lowest BCUT2D eigenvalue weighted by Crippen LogP contribution is -2.43. The minimum atomic E-state index is 0.189. The molecule has 0 radical (unpaired) electrons. The van der Waals surface area contributed by atoms with E-state index >= 15 is 0 Å². The minimum Gasteiger partial charge on any atom is -0.396 e. The fraction of sp³-hybridized carbons (Fsp3) is 1.00. The molecular weight excluding hydrogens is 214 g/mol. The molecule has 100 valence electrons. The molecule has 0 aromatic heterocycles. The van der Waals surface area contributed by atoms with E-state index in [0.29, 0.717) is 6.61 Å². The van der Waals surface area contributed by atoms with E-state index in [1.807, 2.05) is 0 Å². The van der Waals surface area contributed by atoms with Crippen molar-refractivity contribution < 1.29 is 9.84 Å². The van der Waals surface area contributed by atoms with E-state index < -0.39 is 0 Å². The van der Waals surface area contributed by atoms with Gasteiger partial charge in [-0.3, -0.25) is 4.90 Å². The molecule has 0 aromatic rings. The van der Waals surface area contributed by atoms with Crippen LogP contribution in [0.1, 0.15) is 44.9 Å². The van der Waals surface area contributed by atoms with Crippen LogP contribution in [0, 0.1) is 5.41 Å². The molecular formula is C14H27NO2. The topological polar surface area (TPSA) is 32.7 Å². The van der Waals surface area contributed by atoms with Crippen LogP contribution in [-0.4, -0.2) is 49.5 Å². The molecule has 0 heterocycles. The molecule has 0 bridgehead atoms. The molecule has 3 nitrogen and oxygen atoms in total. The Morgan fingerprint density at radius 2 is 1.94 bits per heavy atom. The van der Waals surface area contributed by atoms with Gasteiger partial charge >= 0.3 is 0 Å². The first-order chi connectivity index (χ1) is 8.29. The first-order valence-electron chi connectivity index (χ1n) is 7.13. The zero-order chi connectivity index (χ0) is 12.1. The van der Waals surface area contributed by atoms with Crippen molar-refractivity contribution in [3.8, 4) is 0 Å². The number of hydrogen-bond donors (Lipinski definition) is 1. The number of aliphatic hydroxyl groups excluding tert-OH is 1. The van der Waals surface area contributed by atoms with Gasteiger partial charge in [0.05, 0.1) is 6.61 Å². The van der Waals surface area contributed by atoms with Gasteiger partial charge in [-0.2, -0.15) is 0 Å². The molecule has 0 spiro atoms. The van der Waals surface area contributed by atoms with Crippen molar-refractivity contribution in [3.05, 3.63) is 0 Å². The van der Waals surface area contributed by atoms with E-state index in [2.05, 4.69) is 4.90 Å². The fourth-order valence-corrected chi connectivity index (χ4v) is 3.14. The van der Waals surface area contributed by atoms with Crippen LogP contribution >= 0.6 is 0 Å². The molecule has 0 amide bonds. The van der Waals surface area contributed by atoms with Gasteiger partial charge in [-0.1, -0.05) is 19.3 Å². The molecule has 3 heteroatoms. The third kappa shape index (κ3) is 3.67. The Labute approximate surface area is 105 Å². The molecule has 2 aliphatic carbocycles. The molecule has 0 aliphatic heterocycles.